The van der Waals surface area contributed by atoms with Crippen LogP contribution in [0.4, 0.5) is 4.79 Å². The summed E-state index contributed by atoms with van der Waals surface area (Å²) in [6, 6.07) is -2.25. The van der Waals surface area contributed by atoms with Crippen molar-refractivity contribution in [2.75, 3.05) is 6.54 Å². The fourth-order valence-corrected chi connectivity index (χ4v) is 5.48. The predicted molar refractivity (Wildman–Crippen MR) is 195 cm³/mol. The molecule has 0 aliphatic carbocycles. The van der Waals surface area contributed by atoms with Gasteiger partial charge in [0.2, 0.25) is 11.8 Å². The maximum atomic E-state index is 13.8. The molecule has 0 radical (unpaired) electrons. The van der Waals surface area contributed by atoms with Crippen LogP contribution in [-0.4, -0.2) is 76.5 Å². The van der Waals surface area contributed by atoms with Gasteiger partial charge in [-0.2, -0.15) is 0 Å². The summed E-state index contributed by atoms with van der Waals surface area (Å²) >= 11 is 0. The maximum absolute atomic E-state index is 13.8. The van der Waals surface area contributed by atoms with E-state index in [2.05, 4.69) is 22.9 Å². The second-order valence-electron chi connectivity index (χ2n) is 15.6. The van der Waals surface area contributed by atoms with Crippen LogP contribution < -0.4 is 16.0 Å². The van der Waals surface area contributed by atoms with Gasteiger partial charge in [-0.3, -0.25) is 19.2 Å². The lowest BCUT2D eigenvalue weighted by molar-refractivity contribution is -0.143. The zero-order valence-corrected chi connectivity index (χ0v) is 32.7. The number of aliphatic carboxylic acids is 1. The van der Waals surface area contributed by atoms with Crippen LogP contribution in [0, 0.1) is 11.8 Å². The Kier molecular flexibility index (Phi) is 22.8. The average molecular weight is 712 g/mol. The van der Waals surface area contributed by atoms with E-state index in [-0.39, 0.29) is 31.6 Å². The number of alkyl carbamates (subject to hydrolysis) is 1. The first kappa shape index (κ1) is 47.0. The smallest absolute Gasteiger partial charge is 0.407 e. The molecule has 0 aliphatic heterocycles. The number of nitrogens with one attached hydrogen (secondary N) is 3. The molecular formula is C38H69N3O9. The molecule has 290 valence electrons. The van der Waals surface area contributed by atoms with Crippen molar-refractivity contribution in [3.8, 4) is 0 Å². The monoisotopic (exact) mass is 712 g/mol. The highest BCUT2D eigenvalue weighted by molar-refractivity contribution is 5.95. The Labute approximate surface area is 301 Å². The Morgan fingerprint density at radius 1 is 0.700 bits per heavy atom. The number of unbranched alkanes of at least 4 members (excludes halogenated alkanes) is 8. The summed E-state index contributed by atoms with van der Waals surface area (Å²) in [5.41, 5.74) is -1.45. The van der Waals surface area contributed by atoms with Gasteiger partial charge in [0.05, 0.1) is 17.6 Å². The third kappa shape index (κ3) is 22.6. The van der Waals surface area contributed by atoms with Crippen molar-refractivity contribution in [2.45, 2.75) is 189 Å². The van der Waals surface area contributed by atoms with Crippen LogP contribution in [0.1, 0.15) is 159 Å². The van der Waals surface area contributed by atoms with E-state index >= 15 is 0 Å². The Hall–Kier alpha value is -3.02. The Balaban J connectivity index is 5.90. The molecule has 0 aromatic carbocycles. The highest BCUT2D eigenvalue weighted by Crippen LogP contribution is 2.19. The molecule has 0 unspecified atom stereocenters. The molecule has 12 nitrogen and oxygen atoms in total. The van der Waals surface area contributed by atoms with Crippen LogP contribution in [0.3, 0.4) is 0 Å². The average Bonchev–Trinajstić information content (AvgIpc) is 2.98. The fourth-order valence-electron chi connectivity index (χ4n) is 5.48. The zero-order chi connectivity index (χ0) is 38.5. The molecular weight excluding hydrogens is 642 g/mol. The first-order chi connectivity index (χ1) is 23.2. The molecule has 0 heterocycles. The van der Waals surface area contributed by atoms with Crippen molar-refractivity contribution in [3.05, 3.63) is 0 Å². The Morgan fingerprint density at radius 3 is 1.80 bits per heavy atom. The van der Waals surface area contributed by atoms with Gasteiger partial charge in [-0.15, -0.1) is 0 Å². The van der Waals surface area contributed by atoms with E-state index in [0.717, 1.165) is 38.5 Å². The highest BCUT2D eigenvalue weighted by atomic mass is 16.6. The van der Waals surface area contributed by atoms with E-state index in [4.69, 9.17) is 9.47 Å². The van der Waals surface area contributed by atoms with Crippen molar-refractivity contribution in [1.82, 2.24) is 16.0 Å². The van der Waals surface area contributed by atoms with Crippen LogP contribution in [0.2, 0.25) is 0 Å². The summed E-state index contributed by atoms with van der Waals surface area (Å²) < 4.78 is 11.4. The molecule has 0 aromatic heterocycles. The van der Waals surface area contributed by atoms with Gasteiger partial charge in [-0.1, -0.05) is 78.6 Å². The lowest BCUT2D eigenvalue weighted by Gasteiger charge is -2.32. The lowest BCUT2D eigenvalue weighted by atomic mass is 9.93. The minimum atomic E-state index is -1.18. The maximum Gasteiger partial charge on any atom is 0.407 e. The van der Waals surface area contributed by atoms with E-state index in [1.165, 1.54) is 19.8 Å². The van der Waals surface area contributed by atoms with E-state index < -0.39 is 70.9 Å². The number of carboxylic acid groups (broad SMARTS) is 1. The number of carboxylic acids is 1. The van der Waals surface area contributed by atoms with Gasteiger partial charge in [0.25, 0.3) is 0 Å². The topological polar surface area (TPSA) is 177 Å². The Bertz CT molecular complexity index is 1060. The normalized spacial score (nSPS) is 14.8. The van der Waals surface area contributed by atoms with Gasteiger partial charge in [-0.25, -0.2) is 9.59 Å². The van der Waals surface area contributed by atoms with Gasteiger partial charge in [0, 0.05) is 31.7 Å². The number of rotatable bonds is 26. The number of ether oxygens (including phenoxy) is 2. The lowest BCUT2D eigenvalue weighted by Crippen LogP contribution is -2.54. The largest absolute Gasteiger partial charge is 0.480 e. The predicted octanol–water partition coefficient (Wildman–Crippen LogP) is 6.66. The Morgan fingerprint density at radius 2 is 1.26 bits per heavy atom. The number of carbonyl (C=O) groups excluding carboxylic acids is 5. The zero-order valence-electron chi connectivity index (χ0n) is 32.7. The van der Waals surface area contributed by atoms with Crippen molar-refractivity contribution >= 4 is 35.4 Å². The molecule has 50 heavy (non-hydrogen) atoms. The molecule has 0 aliphatic rings. The number of amides is 3. The van der Waals surface area contributed by atoms with E-state index in [1.807, 2.05) is 27.7 Å². The molecule has 0 bridgehead atoms. The summed E-state index contributed by atoms with van der Waals surface area (Å²) in [6.07, 6.45) is 8.30. The highest BCUT2D eigenvalue weighted by Gasteiger charge is 2.35. The minimum absolute atomic E-state index is 0.122. The number of hydrogen-bond donors (Lipinski definition) is 4. The van der Waals surface area contributed by atoms with Gasteiger partial charge in [0.1, 0.15) is 23.5 Å². The van der Waals surface area contributed by atoms with Crippen LogP contribution in [0.5, 0.6) is 0 Å². The summed E-state index contributed by atoms with van der Waals surface area (Å²) in [5.74, 6) is -4.81. The van der Waals surface area contributed by atoms with Crippen LogP contribution in [-0.2, 0) is 33.4 Å². The standard InChI is InChI=1S/C38H69N3O9/c1-11-13-15-16-17-18-20-21-29(42)24-28(25-39-36(48)50-38(8,9)10)34(45)41-32(27(4)49-37(5,6)7)31(43)23-26(3)33(44)40-30(35(46)47)22-19-14-12-2/h26-28,30,32H,11-25H2,1-10H3,(H,39,48)(H,40,44)(H,41,45)(H,46,47)/t26-,27-,28+,30+,32+/m1/s1. The minimum Gasteiger partial charge on any atom is -0.480 e. The first-order valence-electron chi connectivity index (χ1n) is 18.7. The number of carbonyl (C=O) groups is 6. The fraction of sp³-hybridized carbons (Fsp3) is 0.842. The van der Waals surface area contributed by atoms with E-state index in [9.17, 15) is 33.9 Å². The van der Waals surface area contributed by atoms with Crippen molar-refractivity contribution in [3.63, 3.8) is 0 Å². The SMILES string of the molecule is CCCCCCCCCC(=O)C[C@@H](CNC(=O)OC(C)(C)C)C(=O)N[C@H](C(=O)C[C@@H](C)C(=O)N[C@@H](CCCCC)C(=O)O)[C@@H](C)OC(C)(C)C. The molecule has 5 atom stereocenters. The van der Waals surface area contributed by atoms with Crippen LogP contribution in [0.15, 0.2) is 0 Å². The summed E-state index contributed by atoms with van der Waals surface area (Å²) in [5, 5.41) is 17.5. The third-order valence-electron chi connectivity index (χ3n) is 8.12. The second kappa shape index (κ2) is 24.2. The second-order valence-corrected chi connectivity index (χ2v) is 15.6. The van der Waals surface area contributed by atoms with E-state index in [0.29, 0.717) is 19.3 Å². The summed E-state index contributed by atoms with van der Waals surface area (Å²) in [6.45, 7) is 17.7. The van der Waals surface area contributed by atoms with Gasteiger partial charge in [0.15, 0.2) is 5.78 Å². The molecule has 3 amide bonds. The molecule has 0 spiro atoms. The molecule has 12 heteroatoms. The molecule has 0 fully saturated rings. The van der Waals surface area contributed by atoms with Crippen LogP contribution >= 0.6 is 0 Å². The molecule has 0 aromatic rings. The third-order valence-corrected chi connectivity index (χ3v) is 8.12. The molecule has 0 rings (SSSR count). The number of ketones is 2. The van der Waals surface area contributed by atoms with Gasteiger partial charge in [-0.05, 0) is 61.3 Å². The van der Waals surface area contributed by atoms with Gasteiger partial charge < -0.3 is 30.5 Å². The van der Waals surface area contributed by atoms with Gasteiger partial charge >= 0.3 is 12.1 Å². The number of hydrogen-bond acceptors (Lipinski definition) is 8. The van der Waals surface area contributed by atoms with Crippen LogP contribution in [0.25, 0.3) is 0 Å². The van der Waals surface area contributed by atoms with E-state index in [1.54, 1.807) is 27.7 Å². The number of Topliss-reactive ketones (excluding diaryl/α,β-unsaturated/α-hetero) is 2. The van der Waals surface area contributed by atoms with Crippen molar-refractivity contribution in [2.24, 2.45) is 11.8 Å². The summed E-state index contributed by atoms with van der Waals surface area (Å²) in [7, 11) is 0. The molecule has 0 saturated carbocycles. The quantitative estimate of drug-likeness (QED) is 0.0715. The first-order valence-corrected chi connectivity index (χ1v) is 18.7. The molecule has 4 N–H and O–H groups in total. The van der Waals surface area contributed by atoms with Crippen molar-refractivity contribution in [1.29, 1.82) is 0 Å². The summed E-state index contributed by atoms with van der Waals surface area (Å²) in [4.78, 5) is 77.8. The molecule has 0 saturated heterocycles. The van der Waals surface area contributed by atoms with Crippen molar-refractivity contribution < 1.29 is 43.3 Å².